The van der Waals surface area contributed by atoms with E-state index in [0.29, 0.717) is 10.6 Å². The molecule has 2 aromatic rings. The number of Topliss-reactive ketones (excluding diaryl/α,β-unsaturated/α-hetero) is 1. The van der Waals surface area contributed by atoms with E-state index in [9.17, 15) is 19.2 Å². The number of anilines is 1. The number of esters is 2. The van der Waals surface area contributed by atoms with E-state index < -0.39 is 24.5 Å². The highest BCUT2D eigenvalue weighted by Crippen LogP contribution is 2.18. The third-order valence-corrected chi connectivity index (χ3v) is 5.14. The van der Waals surface area contributed by atoms with E-state index in [-0.39, 0.29) is 30.2 Å². The van der Waals surface area contributed by atoms with Gasteiger partial charge in [-0.25, -0.2) is 4.98 Å². The lowest BCUT2D eigenvalue weighted by molar-refractivity contribution is -0.147. The molecule has 0 aromatic carbocycles. The largest absolute Gasteiger partial charge is 0.469 e. The molecule has 0 unspecified atom stereocenters. The first-order chi connectivity index (χ1) is 12.9. The lowest BCUT2D eigenvalue weighted by Gasteiger charge is -2.04. The molecule has 0 spiro atoms. The van der Waals surface area contributed by atoms with Crippen molar-refractivity contribution in [2.75, 3.05) is 19.0 Å². The zero-order chi connectivity index (χ0) is 19.8. The summed E-state index contributed by atoms with van der Waals surface area (Å²) in [5, 5.41) is 4.39. The number of ketones is 1. The fraction of sp³-hybridized carbons (Fsp3) is 0.353. The summed E-state index contributed by atoms with van der Waals surface area (Å²) in [4.78, 5) is 52.2. The van der Waals surface area contributed by atoms with Crippen molar-refractivity contribution in [3.8, 4) is 0 Å². The van der Waals surface area contributed by atoms with Crippen molar-refractivity contribution >= 4 is 51.4 Å². The lowest BCUT2D eigenvalue weighted by Crippen LogP contribution is -2.21. The van der Waals surface area contributed by atoms with Crippen molar-refractivity contribution < 1.29 is 28.7 Å². The number of aromatic nitrogens is 1. The molecule has 0 saturated carbocycles. The number of hydrogen-bond acceptors (Lipinski definition) is 9. The molecule has 0 aliphatic heterocycles. The van der Waals surface area contributed by atoms with Gasteiger partial charge in [-0.1, -0.05) is 0 Å². The summed E-state index contributed by atoms with van der Waals surface area (Å²) < 4.78 is 9.40. The van der Waals surface area contributed by atoms with E-state index in [1.165, 1.54) is 18.4 Å². The highest BCUT2D eigenvalue weighted by atomic mass is 32.1. The zero-order valence-corrected chi connectivity index (χ0v) is 16.4. The minimum atomic E-state index is -0.628. The van der Waals surface area contributed by atoms with Gasteiger partial charge >= 0.3 is 11.9 Å². The van der Waals surface area contributed by atoms with Gasteiger partial charge in [-0.05, 0) is 19.1 Å². The Morgan fingerprint density at radius 3 is 2.59 bits per heavy atom. The van der Waals surface area contributed by atoms with E-state index in [2.05, 4.69) is 15.0 Å². The third kappa shape index (κ3) is 6.91. The number of ether oxygens (including phenoxy) is 2. The van der Waals surface area contributed by atoms with Crippen LogP contribution in [0.3, 0.4) is 0 Å². The maximum absolute atomic E-state index is 11.9. The lowest BCUT2D eigenvalue weighted by atomic mass is 10.2. The summed E-state index contributed by atoms with van der Waals surface area (Å²) in [6.45, 7) is 1.42. The van der Waals surface area contributed by atoms with Gasteiger partial charge < -0.3 is 9.47 Å². The predicted molar refractivity (Wildman–Crippen MR) is 100 cm³/mol. The highest BCUT2D eigenvalue weighted by Gasteiger charge is 2.14. The minimum Gasteiger partial charge on any atom is -0.469 e. The number of aryl methyl sites for hydroxylation is 1. The molecule has 0 fully saturated rings. The van der Waals surface area contributed by atoms with Crippen molar-refractivity contribution in [1.82, 2.24) is 4.98 Å². The van der Waals surface area contributed by atoms with Crippen LogP contribution < -0.4 is 5.32 Å². The van der Waals surface area contributed by atoms with E-state index >= 15 is 0 Å². The van der Waals surface area contributed by atoms with E-state index in [0.717, 1.165) is 16.2 Å². The number of thiophene rings is 1. The Morgan fingerprint density at radius 2 is 1.93 bits per heavy atom. The molecule has 0 aliphatic rings. The Bertz CT molecular complexity index is 842. The second-order valence-corrected chi connectivity index (χ2v) is 7.59. The van der Waals surface area contributed by atoms with Gasteiger partial charge in [0.25, 0.3) is 5.91 Å². The van der Waals surface area contributed by atoms with Crippen molar-refractivity contribution in [1.29, 1.82) is 0 Å². The first-order valence-electron chi connectivity index (χ1n) is 7.93. The molecular formula is C17H18N2O6S2. The maximum Gasteiger partial charge on any atom is 0.311 e. The Labute approximate surface area is 163 Å². The monoisotopic (exact) mass is 410 g/mol. The number of rotatable bonds is 9. The van der Waals surface area contributed by atoms with E-state index in [4.69, 9.17) is 4.74 Å². The van der Waals surface area contributed by atoms with Crippen LogP contribution in [0.1, 0.15) is 33.1 Å². The molecule has 0 bridgehead atoms. The van der Waals surface area contributed by atoms with Crippen molar-refractivity contribution in [3.63, 3.8) is 0 Å². The molecule has 0 atom stereocenters. The average Bonchev–Trinajstić information content (AvgIpc) is 3.26. The standard InChI is InChI=1S/C17H18N2O6S2/c1-10-3-5-13(27-10)12(20)4-6-15(22)25-8-14(21)19-17-18-11(9-26-17)7-16(23)24-2/h3,5,9H,4,6-8H2,1-2H3,(H,18,19,21). The molecule has 2 aromatic heterocycles. The molecular weight excluding hydrogens is 392 g/mol. The summed E-state index contributed by atoms with van der Waals surface area (Å²) >= 11 is 2.52. The topological polar surface area (TPSA) is 112 Å². The third-order valence-electron chi connectivity index (χ3n) is 3.29. The molecule has 2 rings (SSSR count). The molecule has 0 saturated heterocycles. The zero-order valence-electron chi connectivity index (χ0n) is 14.8. The van der Waals surface area contributed by atoms with Crippen LogP contribution in [0.4, 0.5) is 5.13 Å². The van der Waals surface area contributed by atoms with Gasteiger partial charge in [0, 0.05) is 16.7 Å². The Morgan fingerprint density at radius 1 is 1.15 bits per heavy atom. The van der Waals surface area contributed by atoms with Crippen molar-refractivity contribution in [2.24, 2.45) is 0 Å². The van der Waals surface area contributed by atoms with Gasteiger partial charge in [-0.2, -0.15) is 0 Å². The average molecular weight is 410 g/mol. The molecule has 27 heavy (non-hydrogen) atoms. The Kier molecular flexibility index (Phi) is 7.62. The Hall–Kier alpha value is -2.59. The number of carbonyl (C=O) groups excluding carboxylic acids is 4. The second kappa shape index (κ2) is 9.93. The molecule has 10 heteroatoms. The summed E-state index contributed by atoms with van der Waals surface area (Å²) in [6.07, 6.45) is -0.0526. The predicted octanol–water partition coefficient (Wildman–Crippen LogP) is 2.37. The summed E-state index contributed by atoms with van der Waals surface area (Å²) in [5.74, 6) is -1.74. The Balaban J connectivity index is 1.69. The minimum absolute atomic E-state index is 0.00957. The highest BCUT2D eigenvalue weighted by molar-refractivity contribution is 7.14. The molecule has 1 N–H and O–H groups in total. The molecule has 2 heterocycles. The number of nitrogens with one attached hydrogen (secondary N) is 1. The quantitative estimate of drug-likeness (QED) is 0.499. The summed E-state index contributed by atoms with van der Waals surface area (Å²) in [6, 6.07) is 3.57. The van der Waals surface area contributed by atoms with Crippen LogP contribution in [-0.4, -0.2) is 42.3 Å². The van der Waals surface area contributed by atoms with Crippen molar-refractivity contribution in [2.45, 2.75) is 26.2 Å². The molecule has 1 amide bonds. The molecule has 144 valence electrons. The smallest absolute Gasteiger partial charge is 0.311 e. The van der Waals surface area contributed by atoms with Crippen molar-refractivity contribution in [3.05, 3.63) is 33.0 Å². The SMILES string of the molecule is COC(=O)Cc1csc(NC(=O)COC(=O)CCC(=O)c2ccc(C)s2)n1. The van der Waals surface area contributed by atoms with Crippen LogP contribution >= 0.6 is 22.7 Å². The van der Waals surface area contributed by atoms with Gasteiger partial charge in [0.15, 0.2) is 17.5 Å². The maximum atomic E-state index is 11.9. The second-order valence-electron chi connectivity index (χ2n) is 5.44. The summed E-state index contributed by atoms with van der Waals surface area (Å²) in [5.41, 5.74) is 0.474. The van der Waals surface area contributed by atoms with E-state index in [1.807, 2.05) is 13.0 Å². The van der Waals surface area contributed by atoms with Crippen LogP contribution in [0.15, 0.2) is 17.5 Å². The van der Waals surface area contributed by atoms with Gasteiger partial charge in [0.2, 0.25) is 0 Å². The van der Waals surface area contributed by atoms with Gasteiger partial charge in [-0.3, -0.25) is 24.5 Å². The van der Waals surface area contributed by atoms with Crippen LogP contribution in [-0.2, 0) is 30.3 Å². The number of nitrogens with zero attached hydrogens (tertiary/aromatic N) is 1. The fourth-order valence-electron chi connectivity index (χ4n) is 1.96. The normalized spacial score (nSPS) is 10.3. The number of thiazole rings is 1. The summed E-state index contributed by atoms with van der Waals surface area (Å²) in [7, 11) is 1.28. The number of hydrogen-bond donors (Lipinski definition) is 1. The van der Waals surface area contributed by atoms with Crippen LogP contribution in [0, 0.1) is 6.92 Å². The molecule has 0 aliphatic carbocycles. The number of methoxy groups -OCH3 is 1. The molecule has 8 nitrogen and oxygen atoms in total. The number of carbonyl (C=O) groups is 4. The first-order valence-corrected chi connectivity index (χ1v) is 9.63. The van der Waals surface area contributed by atoms with Crippen LogP contribution in [0.25, 0.3) is 0 Å². The van der Waals surface area contributed by atoms with Gasteiger partial charge in [0.1, 0.15) is 0 Å². The van der Waals surface area contributed by atoms with Crippen LogP contribution in [0.2, 0.25) is 0 Å². The van der Waals surface area contributed by atoms with E-state index in [1.54, 1.807) is 11.4 Å². The first kappa shape index (κ1) is 20.7. The van der Waals surface area contributed by atoms with Gasteiger partial charge in [-0.15, -0.1) is 22.7 Å². The van der Waals surface area contributed by atoms with Crippen LogP contribution in [0.5, 0.6) is 0 Å². The number of amides is 1. The molecule has 0 radical (unpaired) electrons. The fourth-order valence-corrected chi connectivity index (χ4v) is 3.52. The van der Waals surface area contributed by atoms with Gasteiger partial charge in [0.05, 0.1) is 30.5 Å².